The first-order valence-corrected chi connectivity index (χ1v) is 6.13. The highest BCUT2D eigenvalue weighted by molar-refractivity contribution is 5.85. The van der Waals surface area contributed by atoms with Crippen LogP contribution in [0.15, 0.2) is 0 Å². The van der Waals surface area contributed by atoms with E-state index in [4.69, 9.17) is 0 Å². The van der Waals surface area contributed by atoms with Gasteiger partial charge in [0.05, 0.1) is 0 Å². The second-order valence-corrected chi connectivity index (χ2v) is 6.54. The van der Waals surface area contributed by atoms with E-state index < -0.39 is 0 Å². The molecule has 0 amide bonds. The van der Waals surface area contributed by atoms with Crippen LogP contribution in [-0.2, 0) is 0 Å². The summed E-state index contributed by atoms with van der Waals surface area (Å²) in [5, 5.41) is 9.56. The molecule has 0 aliphatic heterocycles. The lowest BCUT2D eigenvalue weighted by Crippen LogP contribution is -2.69. The van der Waals surface area contributed by atoms with Crippen LogP contribution in [0.5, 0.6) is 0 Å². The average Bonchev–Trinajstić information content (AvgIpc) is 2.16. The van der Waals surface area contributed by atoms with Gasteiger partial charge in [-0.05, 0) is 51.1 Å². The van der Waals surface area contributed by atoms with Crippen molar-refractivity contribution >= 4 is 12.4 Å². The van der Waals surface area contributed by atoms with E-state index in [1.54, 1.807) is 0 Å². The lowest BCUT2D eigenvalue weighted by molar-refractivity contribution is -0.193. The van der Waals surface area contributed by atoms with Gasteiger partial charge >= 0.3 is 0 Å². The van der Waals surface area contributed by atoms with Crippen LogP contribution < -0.4 is 0 Å². The maximum absolute atomic E-state index is 9.56. The molecular formula is C13H26ClNO. The van der Waals surface area contributed by atoms with Crippen molar-refractivity contribution in [1.82, 2.24) is 4.90 Å². The van der Waals surface area contributed by atoms with Gasteiger partial charge in [0.15, 0.2) is 0 Å². The number of hydrogen-bond donors (Lipinski definition) is 1. The number of aliphatic hydroxyl groups is 1. The smallest absolute Gasteiger partial charge is 0.0477 e. The van der Waals surface area contributed by atoms with Crippen molar-refractivity contribution in [2.75, 3.05) is 20.7 Å². The van der Waals surface area contributed by atoms with Crippen molar-refractivity contribution < 1.29 is 5.11 Å². The number of aliphatic hydroxyl groups excluding tert-OH is 1. The molecule has 0 aromatic heterocycles. The van der Waals surface area contributed by atoms with Crippen LogP contribution in [0.3, 0.4) is 0 Å². The predicted octanol–water partition coefficient (Wildman–Crippen LogP) is 2.40. The third-order valence-electron chi connectivity index (χ3n) is 5.76. The Morgan fingerprint density at radius 1 is 1.19 bits per heavy atom. The van der Waals surface area contributed by atoms with E-state index in [1.165, 1.54) is 12.8 Å². The third kappa shape index (κ3) is 1.53. The Morgan fingerprint density at radius 3 is 2.12 bits per heavy atom. The molecule has 3 saturated carbocycles. The average molecular weight is 248 g/mol. The summed E-state index contributed by atoms with van der Waals surface area (Å²) >= 11 is 0. The Balaban J connectivity index is 0.00000128. The highest BCUT2D eigenvalue weighted by atomic mass is 35.5. The molecule has 2 nitrogen and oxygen atoms in total. The van der Waals surface area contributed by atoms with Gasteiger partial charge in [-0.1, -0.05) is 13.8 Å². The second kappa shape index (κ2) is 4.15. The van der Waals surface area contributed by atoms with E-state index >= 15 is 0 Å². The van der Waals surface area contributed by atoms with Crippen LogP contribution in [0, 0.1) is 23.2 Å². The van der Waals surface area contributed by atoms with Crippen molar-refractivity contribution in [3.63, 3.8) is 0 Å². The zero-order chi connectivity index (χ0) is 11.4. The van der Waals surface area contributed by atoms with Gasteiger partial charge in [-0.15, -0.1) is 12.4 Å². The Labute approximate surface area is 106 Å². The van der Waals surface area contributed by atoms with Crippen LogP contribution in [0.4, 0.5) is 0 Å². The lowest BCUT2D eigenvalue weighted by Gasteiger charge is -2.68. The van der Waals surface area contributed by atoms with E-state index in [-0.39, 0.29) is 17.9 Å². The van der Waals surface area contributed by atoms with Crippen molar-refractivity contribution in [3.8, 4) is 0 Å². The predicted molar refractivity (Wildman–Crippen MR) is 69.9 cm³/mol. The molecular weight excluding hydrogens is 222 g/mol. The largest absolute Gasteiger partial charge is 0.396 e. The standard InChI is InChI=1S/C13H25NO.ClH/c1-12(2)9-6-10(8-15)13(3,14(4)5)11(12)7-9;/h9-11,15H,6-8H2,1-5H3;1H/t9-,10+,11+,13-;/m0./s1. The fourth-order valence-corrected chi connectivity index (χ4v) is 4.21. The summed E-state index contributed by atoms with van der Waals surface area (Å²) < 4.78 is 0. The summed E-state index contributed by atoms with van der Waals surface area (Å²) in [7, 11) is 4.33. The Morgan fingerprint density at radius 2 is 1.75 bits per heavy atom. The second-order valence-electron chi connectivity index (χ2n) is 6.54. The highest BCUT2D eigenvalue weighted by Crippen LogP contribution is 2.65. The van der Waals surface area contributed by atoms with Crippen LogP contribution in [-0.4, -0.2) is 36.2 Å². The molecule has 0 heterocycles. The summed E-state index contributed by atoms with van der Waals surface area (Å²) in [5.74, 6) is 2.05. The van der Waals surface area contributed by atoms with Crippen LogP contribution in [0.25, 0.3) is 0 Å². The molecule has 0 spiro atoms. The Bertz CT molecular complexity index is 267. The molecule has 2 bridgehead atoms. The van der Waals surface area contributed by atoms with E-state index in [0.717, 1.165) is 11.8 Å². The lowest BCUT2D eigenvalue weighted by atomic mass is 9.40. The molecule has 3 aliphatic rings. The van der Waals surface area contributed by atoms with Gasteiger partial charge < -0.3 is 10.0 Å². The number of nitrogens with zero attached hydrogens (tertiary/aromatic N) is 1. The molecule has 4 atom stereocenters. The van der Waals surface area contributed by atoms with Gasteiger partial charge in [0.1, 0.15) is 0 Å². The number of fused-ring (bicyclic) bond motifs is 2. The fourth-order valence-electron chi connectivity index (χ4n) is 4.21. The fraction of sp³-hybridized carbons (Fsp3) is 1.00. The van der Waals surface area contributed by atoms with Gasteiger partial charge in [0, 0.05) is 18.1 Å². The molecule has 3 rings (SSSR count). The SMILES string of the molecule is CN(C)[C@@]1(C)[C@@H](CO)C[C@H]2C[C@@H]1C2(C)C.Cl. The Kier molecular flexibility index (Phi) is 3.70. The minimum atomic E-state index is 0. The Hall–Kier alpha value is 0.210. The molecule has 16 heavy (non-hydrogen) atoms. The highest BCUT2D eigenvalue weighted by Gasteiger charge is 2.63. The van der Waals surface area contributed by atoms with Crippen molar-refractivity contribution in [2.45, 2.75) is 39.2 Å². The van der Waals surface area contributed by atoms with Crippen LogP contribution in [0.1, 0.15) is 33.6 Å². The molecule has 0 aromatic carbocycles. The summed E-state index contributed by atoms with van der Waals surface area (Å²) in [6.07, 6.45) is 2.56. The zero-order valence-electron chi connectivity index (χ0n) is 11.2. The van der Waals surface area contributed by atoms with Gasteiger partial charge in [0.25, 0.3) is 0 Å². The molecule has 1 N–H and O–H groups in total. The van der Waals surface area contributed by atoms with E-state index in [1.807, 2.05) is 0 Å². The zero-order valence-corrected chi connectivity index (χ0v) is 12.0. The molecule has 96 valence electrons. The quantitative estimate of drug-likeness (QED) is 0.810. The van der Waals surface area contributed by atoms with E-state index in [2.05, 4.69) is 39.8 Å². The maximum Gasteiger partial charge on any atom is 0.0477 e. The van der Waals surface area contributed by atoms with Crippen LogP contribution >= 0.6 is 12.4 Å². The first kappa shape index (κ1) is 14.3. The monoisotopic (exact) mass is 247 g/mol. The van der Waals surface area contributed by atoms with Crippen LogP contribution in [0.2, 0.25) is 0 Å². The van der Waals surface area contributed by atoms with Gasteiger partial charge in [-0.3, -0.25) is 0 Å². The van der Waals surface area contributed by atoms with E-state index in [9.17, 15) is 5.11 Å². The molecule has 0 saturated heterocycles. The molecule has 3 aliphatic carbocycles. The molecule has 0 radical (unpaired) electrons. The summed E-state index contributed by atoms with van der Waals surface area (Å²) in [6.45, 7) is 7.50. The third-order valence-corrected chi connectivity index (χ3v) is 5.76. The topological polar surface area (TPSA) is 23.5 Å². The summed E-state index contributed by atoms with van der Waals surface area (Å²) in [5.41, 5.74) is 0.664. The first-order chi connectivity index (χ1) is 6.85. The molecule has 3 heteroatoms. The van der Waals surface area contributed by atoms with E-state index in [0.29, 0.717) is 17.9 Å². The van der Waals surface area contributed by atoms with Gasteiger partial charge in [-0.25, -0.2) is 0 Å². The maximum atomic E-state index is 9.56. The number of hydrogen-bond acceptors (Lipinski definition) is 2. The normalized spacial score (nSPS) is 44.8. The molecule has 3 fully saturated rings. The van der Waals surface area contributed by atoms with Crippen molar-refractivity contribution in [2.24, 2.45) is 23.2 Å². The van der Waals surface area contributed by atoms with Crippen molar-refractivity contribution in [3.05, 3.63) is 0 Å². The first-order valence-electron chi connectivity index (χ1n) is 6.13. The van der Waals surface area contributed by atoms with Crippen molar-refractivity contribution in [1.29, 1.82) is 0 Å². The minimum Gasteiger partial charge on any atom is -0.396 e. The minimum absolute atomic E-state index is 0. The summed E-state index contributed by atoms with van der Waals surface area (Å²) in [4.78, 5) is 2.34. The summed E-state index contributed by atoms with van der Waals surface area (Å²) in [6, 6.07) is 0. The molecule has 0 unspecified atom stereocenters. The molecule has 0 aromatic rings. The van der Waals surface area contributed by atoms with Gasteiger partial charge in [0.2, 0.25) is 0 Å². The van der Waals surface area contributed by atoms with Gasteiger partial charge in [-0.2, -0.15) is 0 Å². The number of halogens is 1. The number of rotatable bonds is 2.